The number of primary sulfonamides is 1. The van der Waals surface area contributed by atoms with Gasteiger partial charge in [-0.25, -0.2) is 13.6 Å². The molecule has 1 aliphatic heterocycles. The smallest absolute Gasteiger partial charge is 0.252 e. The number of carbonyl (C=O) groups excluding carboxylic acids is 2. The molecule has 0 radical (unpaired) electrons. The molecule has 1 aliphatic rings. The number of hydrogen-bond donors (Lipinski definition) is 2. The molecule has 148 valence electrons. The standard InChI is InChI=1S/C20H23N3O4S/c1-3-13(4-2)20(25)23-17-11-10-15(28(21,26)27)12-16(17)22-19(24)18(23)14-8-6-5-7-9-14/h5-13,18H,3-4H2,1-2H3,(H,22,24)(H2,21,26,27). The highest BCUT2D eigenvalue weighted by Crippen LogP contribution is 2.40. The zero-order chi connectivity index (χ0) is 20.5. The average molecular weight is 401 g/mol. The number of anilines is 2. The van der Waals surface area contributed by atoms with Gasteiger partial charge in [0.2, 0.25) is 15.9 Å². The molecular formula is C20H23N3O4S. The fraction of sp³-hybridized carbons (Fsp3) is 0.300. The first-order valence-corrected chi connectivity index (χ1v) is 10.7. The van der Waals surface area contributed by atoms with Gasteiger partial charge in [-0.3, -0.25) is 14.5 Å². The molecule has 3 rings (SSSR count). The zero-order valence-electron chi connectivity index (χ0n) is 15.8. The molecule has 0 spiro atoms. The van der Waals surface area contributed by atoms with E-state index in [1.54, 1.807) is 12.1 Å². The minimum atomic E-state index is -3.94. The molecule has 0 aromatic heterocycles. The summed E-state index contributed by atoms with van der Waals surface area (Å²) in [5.41, 5.74) is 1.39. The van der Waals surface area contributed by atoms with Crippen molar-refractivity contribution in [3.8, 4) is 0 Å². The Kier molecular flexibility index (Phi) is 5.53. The Morgan fingerprint density at radius 1 is 1.14 bits per heavy atom. The first-order valence-electron chi connectivity index (χ1n) is 9.13. The lowest BCUT2D eigenvalue weighted by Gasteiger charge is -2.38. The first-order chi connectivity index (χ1) is 13.3. The van der Waals surface area contributed by atoms with Crippen molar-refractivity contribution in [2.45, 2.75) is 37.6 Å². The highest BCUT2D eigenvalue weighted by Gasteiger charge is 2.40. The van der Waals surface area contributed by atoms with E-state index in [0.29, 0.717) is 24.1 Å². The fourth-order valence-electron chi connectivity index (χ4n) is 3.48. The molecule has 1 heterocycles. The van der Waals surface area contributed by atoms with Crippen molar-refractivity contribution in [2.24, 2.45) is 11.1 Å². The van der Waals surface area contributed by atoms with E-state index in [1.165, 1.54) is 23.1 Å². The Balaban J connectivity index is 2.18. The van der Waals surface area contributed by atoms with Crippen LogP contribution in [0.3, 0.4) is 0 Å². The summed E-state index contributed by atoms with van der Waals surface area (Å²) >= 11 is 0. The molecule has 0 saturated carbocycles. The summed E-state index contributed by atoms with van der Waals surface area (Å²) in [7, 11) is -3.94. The number of amides is 2. The fourth-order valence-corrected chi connectivity index (χ4v) is 4.02. The summed E-state index contributed by atoms with van der Waals surface area (Å²) in [5, 5.41) is 7.94. The van der Waals surface area contributed by atoms with Crippen molar-refractivity contribution in [2.75, 3.05) is 10.2 Å². The van der Waals surface area contributed by atoms with Crippen molar-refractivity contribution >= 4 is 33.2 Å². The number of fused-ring (bicyclic) bond motifs is 1. The van der Waals surface area contributed by atoms with E-state index in [4.69, 9.17) is 5.14 Å². The molecule has 0 fully saturated rings. The second-order valence-corrected chi connectivity index (χ2v) is 8.31. The van der Waals surface area contributed by atoms with Crippen LogP contribution in [0, 0.1) is 5.92 Å². The Bertz CT molecular complexity index is 1000. The molecule has 0 saturated heterocycles. The van der Waals surface area contributed by atoms with Crippen molar-refractivity contribution in [3.05, 3.63) is 54.1 Å². The number of benzene rings is 2. The van der Waals surface area contributed by atoms with E-state index in [-0.39, 0.29) is 22.4 Å². The molecule has 1 atom stereocenters. The molecule has 28 heavy (non-hydrogen) atoms. The van der Waals surface area contributed by atoms with E-state index in [9.17, 15) is 18.0 Å². The summed E-state index contributed by atoms with van der Waals surface area (Å²) in [4.78, 5) is 27.6. The third-order valence-electron chi connectivity index (χ3n) is 5.01. The van der Waals surface area contributed by atoms with Gasteiger partial charge in [0, 0.05) is 5.92 Å². The van der Waals surface area contributed by atoms with Gasteiger partial charge >= 0.3 is 0 Å². The lowest BCUT2D eigenvalue weighted by Crippen LogP contribution is -2.47. The van der Waals surface area contributed by atoms with Gasteiger partial charge in [-0.2, -0.15) is 0 Å². The van der Waals surface area contributed by atoms with Gasteiger partial charge in [-0.1, -0.05) is 44.2 Å². The van der Waals surface area contributed by atoms with Gasteiger partial charge in [-0.05, 0) is 36.6 Å². The highest BCUT2D eigenvalue weighted by atomic mass is 32.2. The van der Waals surface area contributed by atoms with Crippen molar-refractivity contribution in [1.29, 1.82) is 0 Å². The number of hydrogen-bond acceptors (Lipinski definition) is 4. The van der Waals surface area contributed by atoms with Crippen LogP contribution in [0.15, 0.2) is 53.4 Å². The van der Waals surface area contributed by atoms with Crippen LogP contribution >= 0.6 is 0 Å². The SMILES string of the molecule is CCC(CC)C(=O)N1c2ccc(S(N)(=O)=O)cc2NC(=O)C1c1ccccc1. The van der Waals surface area contributed by atoms with Gasteiger partial charge in [0.25, 0.3) is 5.91 Å². The van der Waals surface area contributed by atoms with E-state index in [1.807, 2.05) is 32.0 Å². The van der Waals surface area contributed by atoms with Crippen LogP contribution in [-0.2, 0) is 19.6 Å². The van der Waals surface area contributed by atoms with E-state index in [2.05, 4.69) is 5.32 Å². The lowest BCUT2D eigenvalue weighted by molar-refractivity contribution is -0.126. The maximum atomic E-state index is 13.3. The second kappa shape index (κ2) is 7.73. The lowest BCUT2D eigenvalue weighted by atomic mass is 9.95. The van der Waals surface area contributed by atoms with E-state index < -0.39 is 22.0 Å². The van der Waals surface area contributed by atoms with Gasteiger partial charge < -0.3 is 5.32 Å². The Morgan fingerprint density at radius 2 is 1.79 bits per heavy atom. The van der Waals surface area contributed by atoms with Crippen molar-refractivity contribution < 1.29 is 18.0 Å². The minimum absolute atomic E-state index is 0.125. The number of carbonyl (C=O) groups is 2. The largest absolute Gasteiger partial charge is 0.322 e. The monoisotopic (exact) mass is 401 g/mol. The first kappa shape index (κ1) is 20.0. The molecular weight excluding hydrogens is 378 g/mol. The Labute approximate surface area is 164 Å². The van der Waals surface area contributed by atoms with Crippen LogP contribution in [-0.4, -0.2) is 20.2 Å². The molecule has 2 amide bonds. The van der Waals surface area contributed by atoms with Crippen LogP contribution in [0.25, 0.3) is 0 Å². The maximum Gasteiger partial charge on any atom is 0.252 e. The van der Waals surface area contributed by atoms with Crippen molar-refractivity contribution in [3.63, 3.8) is 0 Å². The van der Waals surface area contributed by atoms with Gasteiger partial charge in [-0.15, -0.1) is 0 Å². The summed E-state index contributed by atoms with van der Waals surface area (Å²) < 4.78 is 23.4. The van der Waals surface area contributed by atoms with Gasteiger partial charge in [0.1, 0.15) is 6.04 Å². The normalized spacial score (nSPS) is 16.6. The molecule has 0 bridgehead atoms. The van der Waals surface area contributed by atoms with E-state index in [0.717, 1.165) is 0 Å². The molecule has 2 aromatic carbocycles. The van der Waals surface area contributed by atoms with Crippen LogP contribution < -0.4 is 15.4 Å². The third-order valence-corrected chi connectivity index (χ3v) is 5.92. The molecule has 1 unspecified atom stereocenters. The van der Waals surface area contributed by atoms with Crippen LogP contribution in [0.2, 0.25) is 0 Å². The van der Waals surface area contributed by atoms with Gasteiger partial charge in [0.05, 0.1) is 16.3 Å². The minimum Gasteiger partial charge on any atom is -0.322 e. The number of rotatable bonds is 5. The molecule has 8 heteroatoms. The number of nitrogens with two attached hydrogens (primary N) is 1. The Morgan fingerprint density at radius 3 is 2.36 bits per heavy atom. The van der Waals surface area contributed by atoms with Crippen LogP contribution in [0.1, 0.15) is 38.3 Å². The predicted molar refractivity (Wildman–Crippen MR) is 107 cm³/mol. The molecule has 7 nitrogen and oxygen atoms in total. The van der Waals surface area contributed by atoms with E-state index >= 15 is 0 Å². The summed E-state index contributed by atoms with van der Waals surface area (Å²) in [6.07, 6.45) is 1.28. The maximum absolute atomic E-state index is 13.3. The predicted octanol–water partition coefficient (Wildman–Crippen LogP) is 2.80. The summed E-state index contributed by atoms with van der Waals surface area (Å²) in [6, 6.07) is 12.4. The number of sulfonamides is 1. The van der Waals surface area contributed by atoms with Gasteiger partial charge in [0.15, 0.2) is 0 Å². The highest BCUT2D eigenvalue weighted by molar-refractivity contribution is 7.89. The Hall–Kier alpha value is -2.71. The average Bonchev–Trinajstić information content (AvgIpc) is 2.67. The number of nitrogens with zero attached hydrogens (tertiary/aromatic N) is 1. The van der Waals surface area contributed by atoms with Crippen molar-refractivity contribution in [1.82, 2.24) is 0 Å². The molecule has 0 aliphatic carbocycles. The van der Waals surface area contributed by atoms with Crippen LogP contribution in [0.4, 0.5) is 11.4 Å². The quantitative estimate of drug-likeness (QED) is 0.803. The van der Waals surface area contributed by atoms with Crippen LogP contribution in [0.5, 0.6) is 0 Å². The number of nitrogens with one attached hydrogen (secondary N) is 1. The molecule has 2 aromatic rings. The summed E-state index contributed by atoms with van der Waals surface area (Å²) in [5.74, 6) is -0.814. The zero-order valence-corrected chi connectivity index (χ0v) is 16.6. The second-order valence-electron chi connectivity index (χ2n) is 6.75. The third kappa shape index (κ3) is 3.65. The molecule has 3 N–H and O–H groups in total. The summed E-state index contributed by atoms with van der Waals surface area (Å²) in [6.45, 7) is 3.86. The topological polar surface area (TPSA) is 110 Å².